The Bertz CT molecular complexity index is 486. The maximum atomic E-state index is 6.16. The van der Waals surface area contributed by atoms with Gasteiger partial charge in [0, 0.05) is 18.0 Å². The first-order chi connectivity index (χ1) is 9.28. The van der Waals surface area contributed by atoms with Gasteiger partial charge >= 0.3 is 0 Å². The monoisotopic (exact) mass is 295 g/mol. The van der Waals surface area contributed by atoms with Crippen LogP contribution in [-0.4, -0.2) is 37.0 Å². The lowest BCUT2D eigenvalue weighted by Gasteiger charge is -2.34. The lowest BCUT2D eigenvalue weighted by atomic mass is 10.00. The average molecular weight is 295 g/mol. The molecule has 0 fully saturated rings. The molecular weight excluding hydrogens is 278 g/mol. The van der Waals surface area contributed by atoms with E-state index in [0.717, 1.165) is 19.5 Å². The molecule has 0 bridgehead atoms. The summed E-state index contributed by atoms with van der Waals surface area (Å²) in [6, 6.07) is 4.15. The van der Waals surface area contributed by atoms with Gasteiger partial charge in [0.25, 0.3) is 0 Å². The van der Waals surface area contributed by atoms with E-state index >= 15 is 0 Å². The standard InChI is InChI=1S/C13H17N3OS2/c1-16-6-2-4-11(8-16)13(10-14-19-15-13)17-9-12-5-3-7-18-12/h3-5,7,10,15H,2,6,8-9H2,1H3. The van der Waals surface area contributed by atoms with Gasteiger partial charge in [-0.05, 0) is 30.5 Å². The summed E-state index contributed by atoms with van der Waals surface area (Å²) >= 11 is 3.07. The summed E-state index contributed by atoms with van der Waals surface area (Å²) in [5.74, 6) is 0. The maximum absolute atomic E-state index is 6.16. The number of hydrogen-bond acceptors (Lipinski definition) is 6. The highest BCUT2D eigenvalue weighted by Crippen LogP contribution is 2.30. The topological polar surface area (TPSA) is 36.9 Å². The van der Waals surface area contributed by atoms with Crippen LogP contribution in [0.2, 0.25) is 0 Å². The fourth-order valence-corrected chi connectivity index (χ4v) is 3.52. The molecule has 3 rings (SSSR count). The van der Waals surface area contributed by atoms with Gasteiger partial charge in [-0.25, -0.2) is 9.12 Å². The van der Waals surface area contributed by atoms with Crippen LogP contribution in [0.3, 0.4) is 0 Å². The molecular formula is C13H17N3OS2. The van der Waals surface area contributed by atoms with Crippen molar-refractivity contribution in [1.82, 2.24) is 9.62 Å². The van der Waals surface area contributed by atoms with Crippen LogP contribution in [0.15, 0.2) is 33.6 Å². The summed E-state index contributed by atoms with van der Waals surface area (Å²) in [6.45, 7) is 2.64. The van der Waals surface area contributed by atoms with Crippen LogP contribution in [-0.2, 0) is 11.3 Å². The Morgan fingerprint density at radius 2 is 2.53 bits per heavy atom. The van der Waals surface area contributed by atoms with Gasteiger partial charge in [0.05, 0.1) is 25.0 Å². The third-order valence-corrected chi connectivity index (χ3v) is 4.78. The molecule has 1 unspecified atom stereocenters. The summed E-state index contributed by atoms with van der Waals surface area (Å²) in [5, 5.41) is 2.07. The highest BCUT2D eigenvalue weighted by molar-refractivity contribution is 7.96. The van der Waals surface area contributed by atoms with Gasteiger partial charge in [-0.3, -0.25) is 0 Å². The molecule has 0 aromatic carbocycles. The largest absolute Gasteiger partial charge is 0.345 e. The second-order valence-electron chi connectivity index (χ2n) is 4.79. The molecule has 0 amide bonds. The minimum atomic E-state index is -0.538. The Hall–Kier alpha value is -0.660. The summed E-state index contributed by atoms with van der Waals surface area (Å²) in [7, 11) is 2.14. The molecule has 1 aromatic rings. The van der Waals surface area contributed by atoms with E-state index in [1.54, 1.807) is 11.3 Å². The first-order valence-electron chi connectivity index (χ1n) is 6.31. The second kappa shape index (κ2) is 5.76. The van der Waals surface area contributed by atoms with Gasteiger partial charge in [0.1, 0.15) is 0 Å². The lowest BCUT2D eigenvalue weighted by Crippen LogP contribution is -2.48. The molecule has 19 heavy (non-hydrogen) atoms. The number of thiophene rings is 1. The summed E-state index contributed by atoms with van der Waals surface area (Å²) in [5.41, 5.74) is 0.718. The SMILES string of the molecule is CN1CCC=C(C2(OCc3cccs3)C=NSN2)C1. The highest BCUT2D eigenvalue weighted by Gasteiger charge is 2.38. The fraction of sp³-hybridized carbons (Fsp3) is 0.462. The van der Waals surface area contributed by atoms with E-state index in [9.17, 15) is 0 Å². The van der Waals surface area contributed by atoms with Gasteiger partial charge in [-0.2, -0.15) is 0 Å². The Kier molecular flexibility index (Phi) is 4.04. The third-order valence-electron chi connectivity index (χ3n) is 3.33. The molecule has 3 heterocycles. The van der Waals surface area contributed by atoms with Gasteiger partial charge in [0.15, 0.2) is 5.72 Å². The molecule has 4 nitrogen and oxygen atoms in total. The normalized spacial score (nSPS) is 27.7. The molecule has 0 aliphatic carbocycles. The zero-order valence-electron chi connectivity index (χ0n) is 10.8. The first kappa shape index (κ1) is 13.3. The van der Waals surface area contributed by atoms with Gasteiger partial charge < -0.3 is 9.64 Å². The summed E-state index contributed by atoms with van der Waals surface area (Å²) < 4.78 is 13.7. The highest BCUT2D eigenvalue weighted by atomic mass is 32.2. The van der Waals surface area contributed by atoms with Crippen LogP contribution in [0.25, 0.3) is 0 Å². The van der Waals surface area contributed by atoms with Crippen molar-refractivity contribution in [3.05, 3.63) is 34.0 Å². The molecule has 0 saturated heterocycles. The van der Waals surface area contributed by atoms with E-state index in [0.29, 0.717) is 6.61 Å². The molecule has 1 aromatic heterocycles. The molecule has 0 spiro atoms. The third kappa shape index (κ3) is 2.93. The van der Waals surface area contributed by atoms with Gasteiger partial charge in [0.2, 0.25) is 0 Å². The number of rotatable bonds is 4. The first-order valence-corrected chi connectivity index (χ1v) is 7.96. The molecule has 6 heteroatoms. The smallest absolute Gasteiger partial charge is 0.190 e. The van der Waals surface area contributed by atoms with Crippen LogP contribution in [0, 0.1) is 0 Å². The Morgan fingerprint density at radius 1 is 1.58 bits per heavy atom. The Balaban J connectivity index is 1.75. The number of nitrogens with zero attached hydrogens (tertiary/aromatic N) is 2. The van der Waals surface area contributed by atoms with Crippen molar-refractivity contribution in [3.8, 4) is 0 Å². The summed E-state index contributed by atoms with van der Waals surface area (Å²) in [4.78, 5) is 3.54. The summed E-state index contributed by atoms with van der Waals surface area (Å²) in [6.07, 6.45) is 5.23. The fourth-order valence-electron chi connectivity index (χ4n) is 2.27. The molecule has 2 aliphatic rings. The number of nitrogens with one attached hydrogen (secondary N) is 1. The van der Waals surface area contributed by atoms with Crippen molar-refractivity contribution < 1.29 is 4.74 Å². The van der Waals surface area contributed by atoms with Crippen molar-refractivity contribution in [2.45, 2.75) is 18.8 Å². The number of ether oxygens (including phenoxy) is 1. The zero-order valence-corrected chi connectivity index (χ0v) is 12.5. The van der Waals surface area contributed by atoms with Crippen molar-refractivity contribution in [2.75, 3.05) is 20.1 Å². The van der Waals surface area contributed by atoms with Crippen LogP contribution in [0.4, 0.5) is 0 Å². The minimum Gasteiger partial charge on any atom is -0.345 e. The quantitative estimate of drug-likeness (QED) is 0.684. The number of hydrogen-bond donors (Lipinski definition) is 1. The Morgan fingerprint density at radius 3 is 3.21 bits per heavy atom. The predicted octanol–water partition coefficient (Wildman–Crippen LogP) is 2.46. The van der Waals surface area contributed by atoms with E-state index in [1.165, 1.54) is 22.6 Å². The maximum Gasteiger partial charge on any atom is 0.190 e. The lowest BCUT2D eigenvalue weighted by molar-refractivity contribution is 0.0166. The molecule has 1 N–H and O–H groups in total. The predicted molar refractivity (Wildman–Crippen MR) is 81.3 cm³/mol. The van der Waals surface area contributed by atoms with Crippen LogP contribution in [0.5, 0.6) is 0 Å². The molecule has 0 radical (unpaired) electrons. The van der Waals surface area contributed by atoms with Crippen molar-refractivity contribution in [2.24, 2.45) is 4.40 Å². The zero-order chi connectivity index (χ0) is 13.1. The van der Waals surface area contributed by atoms with Crippen LogP contribution >= 0.6 is 23.5 Å². The molecule has 102 valence electrons. The average Bonchev–Trinajstić information content (AvgIpc) is 3.09. The second-order valence-corrected chi connectivity index (χ2v) is 6.42. The van der Waals surface area contributed by atoms with Crippen molar-refractivity contribution >= 4 is 29.7 Å². The van der Waals surface area contributed by atoms with Crippen LogP contribution in [0.1, 0.15) is 11.3 Å². The van der Waals surface area contributed by atoms with Crippen molar-refractivity contribution in [1.29, 1.82) is 0 Å². The van der Waals surface area contributed by atoms with E-state index in [-0.39, 0.29) is 0 Å². The van der Waals surface area contributed by atoms with E-state index < -0.39 is 5.72 Å². The Labute approximate surface area is 121 Å². The van der Waals surface area contributed by atoms with E-state index in [2.05, 4.69) is 44.7 Å². The molecule has 2 aliphatic heterocycles. The van der Waals surface area contributed by atoms with Crippen molar-refractivity contribution in [3.63, 3.8) is 0 Å². The molecule has 1 atom stereocenters. The van der Waals surface area contributed by atoms with Crippen LogP contribution < -0.4 is 4.72 Å². The van der Waals surface area contributed by atoms with E-state index in [4.69, 9.17) is 4.74 Å². The minimum absolute atomic E-state index is 0.538. The number of likely N-dealkylation sites (N-methyl/N-ethyl adjacent to an activating group) is 1. The van der Waals surface area contributed by atoms with Gasteiger partial charge in [-0.15, -0.1) is 11.3 Å². The molecule has 0 saturated carbocycles. The van der Waals surface area contributed by atoms with Gasteiger partial charge in [-0.1, -0.05) is 12.1 Å². The van der Waals surface area contributed by atoms with E-state index in [1.807, 2.05) is 6.21 Å².